The van der Waals surface area contributed by atoms with Gasteiger partial charge in [-0.3, -0.25) is 9.78 Å². The van der Waals surface area contributed by atoms with Crippen molar-refractivity contribution in [1.29, 1.82) is 0 Å². The van der Waals surface area contributed by atoms with Gasteiger partial charge in [0.2, 0.25) is 0 Å². The third-order valence-corrected chi connectivity index (χ3v) is 2.63. The second kappa shape index (κ2) is 3.10. The maximum atomic E-state index is 5.77. The number of hydrogen-bond acceptors (Lipinski definition) is 3. The second-order valence-electron chi connectivity index (χ2n) is 3.77. The third kappa shape index (κ3) is 1.25. The summed E-state index contributed by atoms with van der Waals surface area (Å²) in [4.78, 5) is 0. The summed E-state index contributed by atoms with van der Waals surface area (Å²) in [5, 5.41) is 11.9. The highest BCUT2D eigenvalue weighted by molar-refractivity contribution is 5.92. The first-order chi connectivity index (χ1) is 7.74. The number of hydrogen-bond donors (Lipinski definition) is 2. The van der Waals surface area contributed by atoms with Crippen LogP contribution in [0.25, 0.3) is 22.0 Å². The van der Waals surface area contributed by atoms with E-state index in [-0.39, 0.29) is 0 Å². The zero-order valence-corrected chi connectivity index (χ0v) is 8.81. The molecule has 0 fully saturated rings. The Morgan fingerprint density at radius 2 is 2.19 bits per heavy atom. The molecule has 0 unspecified atom stereocenters. The molecule has 0 saturated carbocycles. The first-order valence-electron chi connectivity index (χ1n) is 4.96. The maximum absolute atomic E-state index is 5.77. The smallest absolute Gasteiger partial charge is 0.153 e. The predicted octanol–water partition coefficient (Wildman–Crippen LogP) is 1.55. The number of nitrogens with one attached hydrogen (secondary N) is 1. The molecule has 3 N–H and O–H groups in total. The molecule has 3 aromatic rings. The van der Waals surface area contributed by atoms with Crippen LogP contribution in [0.1, 0.15) is 0 Å². The van der Waals surface area contributed by atoms with Crippen molar-refractivity contribution in [1.82, 2.24) is 20.0 Å². The molecule has 2 heterocycles. The van der Waals surface area contributed by atoms with Crippen LogP contribution in [-0.4, -0.2) is 20.0 Å². The molecule has 3 rings (SSSR count). The van der Waals surface area contributed by atoms with E-state index in [1.54, 1.807) is 4.68 Å². The fourth-order valence-corrected chi connectivity index (χ4v) is 1.78. The van der Waals surface area contributed by atoms with Crippen LogP contribution in [-0.2, 0) is 7.05 Å². The number of benzene rings is 1. The number of nitrogen functional groups attached to an aromatic ring is 1. The van der Waals surface area contributed by atoms with Gasteiger partial charge in [-0.1, -0.05) is 6.07 Å². The zero-order valence-electron chi connectivity index (χ0n) is 8.81. The molecule has 0 aliphatic carbocycles. The quantitative estimate of drug-likeness (QED) is 0.644. The van der Waals surface area contributed by atoms with Crippen molar-refractivity contribution in [2.75, 3.05) is 5.73 Å². The van der Waals surface area contributed by atoms with E-state index in [1.807, 2.05) is 37.6 Å². The van der Waals surface area contributed by atoms with Gasteiger partial charge in [-0.2, -0.15) is 10.2 Å². The lowest BCUT2D eigenvalue weighted by molar-refractivity contribution is 0.768. The van der Waals surface area contributed by atoms with Gasteiger partial charge in [0.05, 0.1) is 11.7 Å². The molecular weight excluding hydrogens is 202 g/mol. The van der Waals surface area contributed by atoms with Gasteiger partial charge in [-0.15, -0.1) is 0 Å². The Bertz CT molecular complexity index is 649. The van der Waals surface area contributed by atoms with Crippen molar-refractivity contribution in [3.8, 4) is 11.1 Å². The van der Waals surface area contributed by atoms with Gasteiger partial charge in [-0.05, 0) is 17.7 Å². The molecule has 1 aromatic carbocycles. The molecule has 0 radical (unpaired) electrons. The SMILES string of the molecule is Cn1cc(-c2ccc3[nH]nc(N)c3c2)cn1. The lowest BCUT2D eigenvalue weighted by Gasteiger charge is -1.97. The average molecular weight is 213 g/mol. The molecule has 80 valence electrons. The summed E-state index contributed by atoms with van der Waals surface area (Å²) in [7, 11) is 1.90. The molecule has 5 nitrogen and oxygen atoms in total. The van der Waals surface area contributed by atoms with E-state index in [9.17, 15) is 0 Å². The molecule has 0 atom stereocenters. The average Bonchev–Trinajstić information content (AvgIpc) is 2.86. The highest BCUT2D eigenvalue weighted by Crippen LogP contribution is 2.25. The molecule has 0 aliphatic heterocycles. The molecule has 0 saturated heterocycles. The minimum atomic E-state index is 0.528. The summed E-state index contributed by atoms with van der Waals surface area (Å²) >= 11 is 0. The third-order valence-electron chi connectivity index (χ3n) is 2.63. The van der Waals surface area contributed by atoms with Gasteiger partial charge < -0.3 is 5.73 Å². The van der Waals surface area contributed by atoms with Crippen molar-refractivity contribution in [3.63, 3.8) is 0 Å². The van der Waals surface area contributed by atoms with E-state index < -0.39 is 0 Å². The van der Waals surface area contributed by atoms with Gasteiger partial charge in [0.15, 0.2) is 5.82 Å². The highest BCUT2D eigenvalue weighted by Gasteiger charge is 2.05. The lowest BCUT2D eigenvalue weighted by atomic mass is 10.1. The molecule has 0 bridgehead atoms. The molecule has 5 heteroatoms. The lowest BCUT2D eigenvalue weighted by Crippen LogP contribution is -1.84. The largest absolute Gasteiger partial charge is 0.382 e. The fourth-order valence-electron chi connectivity index (χ4n) is 1.78. The number of rotatable bonds is 1. The Hall–Kier alpha value is -2.30. The molecule has 0 spiro atoms. The summed E-state index contributed by atoms with van der Waals surface area (Å²) < 4.78 is 1.78. The number of nitrogens with two attached hydrogens (primary N) is 1. The summed E-state index contributed by atoms with van der Waals surface area (Å²) in [5.74, 6) is 0.528. The van der Waals surface area contributed by atoms with Crippen LogP contribution in [0.4, 0.5) is 5.82 Å². The Labute approximate surface area is 91.9 Å². The van der Waals surface area contributed by atoms with Gasteiger partial charge >= 0.3 is 0 Å². The molecule has 0 amide bonds. The number of fused-ring (bicyclic) bond motifs is 1. The number of aryl methyl sites for hydroxylation is 1. The van der Waals surface area contributed by atoms with E-state index >= 15 is 0 Å². The van der Waals surface area contributed by atoms with Crippen LogP contribution >= 0.6 is 0 Å². The molecule has 16 heavy (non-hydrogen) atoms. The van der Waals surface area contributed by atoms with Crippen molar-refractivity contribution >= 4 is 16.7 Å². The fraction of sp³-hybridized carbons (Fsp3) is 0.0909. The van der Waals surface area contributed by atoms with Crippen LogP contribution in [0.2, 0.25) is 0 Å². The van der Waals surface area contributed by atoms with E-state index in [2.05, 4.69) is 15.3 Å². The van der Waals surface area contributed by atoms with Crippen LogP contribution in [0.15, 0.2) is 30.6 Å². The summed E-state index contributed by atoms with van der Waals surface area (Å²) in [5.41, 5.74) is 8.88. The number of H-pyrrole nitrogens is 1. The van der Waals surface area contributed by atoms with Crippen molar-refractivity contribution < 1.29 is 0 Å². The minimum absolute atomic E-state index is 0.528. The highest BCUT2D eigenvalue weighted by atomic mass is 15.2. The van der Waals surface area contributed by atoms with Gasteiger partial charge in [0, 0.05) is 24.2 Å². The number of aromatic amines is 1. The molecule has 0 aliphatic rings. The standard InChI is InChI=1S/C11H11N5/c1-16-6-8(5-13-16)7-2-3-10-9(4-7)11(12)15-14-10/h2-6H,1H3,(H3,12,14,15). The topological polar surface area (TPSA) is 72.5 Å². The van der Waals surface area contributed by atoms with Crippen LogP contribution in [0, 0.1) is 0 Å². The van der Waals surface area contributed by atoms with Gasteiger partial charge in [0.1, 0.15) is 0 Å². The zero-order chi connectivity index (χ0) is 11.1. The number of nitrogens with zero attached hydrogens (tertiary/aromatic N) is 3. The Kier molecular flexibility index (Phi) is 1.73. The maximum Gasteiger partial charge on any atom is 0.153 e. The van der Waals surface area contributed by atoms with Crippen LogP contribution in [0.3, 0.4) is 0 Å². The molecular formula is C11H11N5. The van der Waals surface area contributed by atoms with Crippen molar-refractivity contribution in [2.45, 2.75) is 0 Å². The molecule has 2 aromatic heterocycles. The van der Waals surface area contributed by atoms with Gasteiger partial charge in [0.25, 0.3) is 0 Å². The predicted molar refractivity (Wildman–Crippen MR) is 62.7 cm³/mol. The number of anilines is 1. The normalized spacial score (nSPS) is 11.1. The summed E-state index contributed by atoms with van der Waals surface area (Å²) in [6.45, 7) is 0. The van der Waals surface area contributed by atoms with E-state index in [0.29, 0.717) is 5.82 Å². The second-order valence-corrected chi connectivity index (χ2v) is 3.77. The first-order valence-corrected chi connectivity index (χ1v) is 4.96. The van der Waals surface area contributed by atoms with Crippen molar-refractivity contribution in [2.24, 2.45) is 7.05 Å². The first kappa shape index (κ1) is 8.96. The monoisotopic (exact) mass is 213 g/mol. The Morgan fingerprint density at radius 1 is 1.31 bits per heavy atom. The van der Waals surface area contributed by atoms with Crippen LogP contribution < -0.4 is 5.73 Å². The van der Waals surface area contributed by atoms with Gasteiger partial charge in [-0.25, -0.2) is 0 Å². The van der Waals surface area contributed by atoms with E-state index in [4.69, 9.17) is 5.73 Å². The Balaban J connectivity index is 2.21. The van der Waals surface area contributed by atoms with E-state index in [1.165, 1.54) is 0 Å². The van der Waals surface area contributed by atoms with E-state index in [0.717, 1.165) is 22.0 Å². The summed E-state index contributed by atoms with van der Waals surface area (Å²) in [6.07, 6.45) is 3.80. The summed E-state index contributed by atoms with van der Waals surface area (Å²) in [6, 6.07) is 6.02. The Morgan fingerprint density at radius 3 is 2.94 bits per heavy atom. The van der Waals surface area contributed by atoms with Crippen molar-refractivity contribution in [3.05, 3.63) is 30.6 Å². The number of aromatic nitrogens is 4. The minimum Gasteiger partial charge on any atom is -0.382 e. The van der Waals surface area contributed by atoms with Crippen LogP contribution in [0.5, 0.6) is 0 Å².